The number of nitrogens with zero attached hydrogens (tertiary/aromatic N) is 5. The van der Waals surface area contributed by atoms with E-state index in [1.807, 2.05) is 30.3 Å². The first-order valence-corrected chi connectivity index (χ1v) is 9.89. The number of carbonyl (C=O) groups is 3. The second kappa shape index (κ2) is 8.19. The number of rotatable bonds is 5. The molecular formula is C21H23N5O4. The van der Waals surface area contributed by atoms with Gasteiger partial charge in [-0.25, -0.2) is 14.8 Å². The van der Waals surface area contributed by atoms with Crippen LogP contribution in [0.15, 0.2) is 49.1 Å². The molecule has 156 valence electrons. The van der Waals surface area contributed by atoms with Crippen LogP contribution < -0.4 is 0 Å². The Bertz CT molecular complexity index is 929. The fraction of sp³-hybridized carbons (Fsp3) is 0.381. The Balaban J connectivity index is 1.57. The second-order valence-corrected chi connectivity index (χ2v) is 7.49. The van der Waals surface area contributed by atoms with E-state index in [1.54, 1.807) is 9.80 Å². The molecule has 1 N–H and O–H groups in total. The third-order valence-electron chi connectivity index (χ3n) is 5.81. The molecule has 2 fully saturated rings. The van der Waals surface area contributed by atoms with Gasteiger partial charge in [0.05, 0.1) is 18.7 Å². The van der Waals surface area contributed by atoms with Crippen molar-refractivity contribution in [2.24, 2.45) is 0 Å². The largest absolute Gasteiger partial charge is 0.395 e. The summed E-state index contributed by atoms with van der Waals surface area (Å²) in [5.41, 5.74) is 0.306. The highest BCUT2D eigenvalue weighted by atomic mass is 16.3. The lowest BCUT2D eigenvalue weighted by Gasteiger charge is -2.42. The zero-order valence-electron chi connectivity index (χ0n) is 16.5. The molecule has 1 aromatic heterocycles. The summed E-state index contributed by atoms with van der Waals surface area (Å²) in [6, 6.07) is 9.10. The number of carbonyl (C=O) groups excluding carboxylic acids is 3. The number of aromatic nitrogens is 2. The summed E-state index contributed by atoms with van der Waals surface area (Å²) in [6.07, 6.45) is 4.98. The molecule has 9 heteroatoms. The van der Waals surface area contributed by atoms with E-state index in [1.165, 1.54) is 18.7 Å². The number of hydrogen-bond donors (Lipinski definition) is 1. The Morgan fingerprint density at radius 2 is 1.73 bits per heavy atom. The third kappa shape index (κ3) is 3.41. The first kappa shape index (κ1) is 20.0. The molecule has 2 aromatic rings. The number of benzene rings is 1. The Morgan fingerprint density at radius 1 is 1.07 bits per heavy atom. The number of aliphatic hydroxyl groups is 1. The number of piperidine rings is 1. The standard InChI is InChI=1S/C21H23N5O4/c27-11-10-25-19(29)21(26(20(25)30)14-16-4-2-1-3-5-16)6-8-24(9-7-21)18(28)17-12-22-15-23-13-17/h1-5,12-13,15,27H,6-11,14H2. The SMILES string of the molecule is O=C(c1cncnc1)N1CCC2(CC1)C(=O)N(CCO)C(=O)N2Cc1ccccc1. The van der Waals surface area contributed by atoms with Gasteiger partial charge in [-0.2, -0.15) is 0 Å². The molecule has 9 nitrogen and oxygen atoms in total. The van der Waals surface area contributed by atoms with E-state index in [0.717, 1.165) is 10.5 Å². The highest BCUT2D eigenvalue weighted by Crippen LogP contribution is 2.38. The first-order chi connectivity index (χ1) is 14.6. The third-order valence-corrected chi connectivity index (χ3v) is 5.81. The van der Waals surface area contributed by atoms with Crippen LogP contribution in [0.5, 0.6) is 0 Å². The molecule has 2 aliphatic rings. The summed E-state index contributed by atoms with van der Waals surface area (Å²) in [4.78, 5) is 51.2. The number of β-amino-alcohol motifs (C(OH)–C–C–N with tert-alkyl or cyclic N) is 1. The lowest BCUT2D eigenvalue weighted by Crippen LogP contribution is -2.57. The van der Waals surface area contributed by atoms with Crippen LogP contribution in [-0.4, -0.2) is 79.4 Å². The van der Waals surface area contributed by atoms with Crippen LogP contribution in [0.25, 0.3) is 0 Å². The van der Waals surface area contributed by atoms with Crippen molar-refractivity contribution in [3.8, 4) is 0 Å². The average Bonchev–Trinajstić information content (AvgIpc) is 2.97. The summed E-state index contributed by atoms with van der Waals surface area (Å²) < 4.78 is 0. The highest BCUT2D eigenvalue weighted by molar-refractivity contribution is 6.07. The fourth-order valence-corrected chi connectivity index (χ4v) is 4.22. The molecule has 1 spiro atoms. The van der Waals surface area contributed by atoms with Gasteiger partial charge < -0.3 is 14.9 Å². The van der Waals surface area contributed by atoms with E-state index >= 15 is 0 Å². The minimum Gasteiger partial charge on any atom is -0.395 e. The monoisotopic (exact) mass is 409 g/mol. The van der Waals surface area contributed by atoms with Crippen LogP contribution in [-0.2, 0) is 11.3 Å². The molecule has 0 saturated carbocycles. The topological polar surface area (TPSA) is 107 Å². The molecule has 0 unspecified atom stereocenters. The quantitative estimate of drug-likeness (QED) is 0.736. The van der Waals surface area contributed by atoms with Crippen molar-refractivity contribution in [3.05, 3.63) is 60.2 Å². The molecule has 4 amide bonds. The predicted octanol–water partition coefficient (Wildman–Crippen LogP) is 0.908. The molecule has 2 aliphatic heterocycles. The van der Waals surface area contributed by atoms with Gasteiger partial charge in [0.2, 0.25) is 0 Å². The van der Waals surface area contributed by atoms with Crippen LogP contribution in [0.3, 0.4) is 0 Å². The zero-order valence-corrected chi connectivity index (χ0v) is 16.5. The van der Waals surface area contributed by atoms with E-state index in [2.05, 4.69) is 9.97 Å². The summed E-state index contributed by atoms with van der Waals surface area (Å²) in [5.74, 6) is -0.489. The van der Waals surface area contributed by atoms with Gasteiger partial charge in [-0.15, -0.1) is 0 Å². The number of imide groups is 1. The zero-order chi connectivity index (χ0) is 21.1. The molecular weight excluding hydrogens is 386 g/mol. The smallest absolute Gasteiger partial charge is 0.328 e. The maximum atomic E-state index is 13.3. The number of amides is 4. The predicted molar refractivity (Wildman–Crippen MR) is 106 cm³/mol. The van der Waals surface area contributed by atoms with Gasteiger partial charge in [-0.3, -0.25) is 14.5 Å². The maximum Gasteiger partial charge on any atom is 0.328 e. The van der Waals surface area contributed by atoms with Crippen molar-refractivity contribution in [3.63, 3.8) is 0 Å². The summed E-state index contributed by atoms with van der Waals surface area (Å²) in [7, 11) is 0. The van der Waals surface area contributed by atoms with Gasteiger partial charge in [0.1, 0.15) is 11.9 Å². The van der Waals surface area contributed by atoms with E-state index < -0.39 is 11.6 Å². The Hall–Kier alpha value is -3.33. The van der Waals surface area contributed by atoms with Crippen molar-refractivity contribution >= 4 is 17.8 Å². The summed E-state index contributed by atoms with van der Waals surface area (Å²) in [6.45, 7) is 0.657. The van der Waals surface area contributed by atoms with Crippen LogP contribution >= 0.6 is 0 Å². The van der Waals surface area contributed by atoms with Crippen molar-refractivity contribution in [2.45, 2.75) is 24.9 Å². The van der Waals surface area contributed by atoms with Crippen LogP contribution in [0, 0.1) is 0 Å². The normalized spacial score (nSPS) is 18.4. The van der Waals surface area contributed by atoms with Gasteiger partial charge in [-0.05, 0) is 18.4 Å². The van der Waals surface area contributed by atoms with E-state index in [0.29, 0.717) is 38.0 Å². The van der Waals surface area contributed by atoms with Crippen molar-refractivity contribution in [1.82, 2.24) is 24.7 Å². The number of urea groups is 1. The first-order valence-electron chi connectivity index (χ1n) is 9.89. The summed E-state index contributed by atoms with van der Waals surface area (Å²) in [5, 5.41) is 9.34. The van der Waals surface area contributed by atoms with Gasteiger partial charge in [0.15, 0.2) is 0 Å². The number of likely N-dealkylation sites (tertiary alicyclic amines) is 1. The summed E-state index contributed by atoms with van der Waals surface area (Å²) >= 11 is 0. The van der Waals surface area contributed by atoms with Gasteiger partial charge in [0, 0.05) is 32.0 Å². The van der Waals surface area contributed by atoms with E-state index in [9.17, 15) is 19.5 Å². The van der Waals surface area contributed by atoms with Crippen LogP contribution in [0.2, 0.25) is 0 Å². The molecule has 2 saturated heterocycles. The maximum absolute atomic E-state index is 13.3. The lowest BCUT2D eigenvalue weighted by molar-refractivity contribution is -0.135. The average molecular weight is 409 g/mol. The Morgan fingerprint density at radius 3 is 2.37 bits per heavy atom. The Kier molecular flexibility index (Phi) is 5.45. The fourth-order valence-electron chi connectivity index (χ4n) is 4.22. The van der Waals surface area contributed by atoms with Crippen LogP contribution in [0.4, 0.5) is 4.79 Å². The molecule has 30 heavy (non-hydrogen) atoms. The molecule has 0 bridgehead atoms. The van der Waals surface area contributed by atoms with Gasteiger partial charge >= 0.3 is 6.03 Å². The minimum atomic E-state index is -1.01. The van der Waals surface area contributed by atoms with E-state index in [-0.39, 0.29) is 25.0 Å². The van der Waals surface area contributed by atoms with Crippen LogP contribution in [0.1, 0.15) is 28.8 Å². The molecule has 0 aliphatic carbocycles. The van der Waals surface area contributed by atoms with Crippen molar-refractivity contribution in [2.75, 3.05) is 26.2 Å². The molecule has 0 radical (unpaired) electrons. The lowest BCUT2D eigenvalue weighted by atomic mass is 9.85. The molecule has 3 heterocycles. The van der Waals surface area contributed by atoms with Crippen molar-refractivity contribution in [1.29, 1.82) is 0 Å². The van der Waals surface area contributed by atoms with Crippen molar-refractivity contribution < 1.29 is 19.5 Å². The molecule has 0 atom stereocenters. The van der Waals surface area contributed by atoms with E-state index in [4.69, 9.17) is 0 Å². The molecule has 1 aromatic carbocycles. The Labute approximate surface area is 173 Å². The highest BCUT2D eigenvalue weighted by Gasteiger charge is 2.58. The minimum absolute atomic E-state index is 0.0330. The second-order valence-electron chi connectivity index (χ2n) is 7.49. The molecule has 4 rings (SSSR count). The number of aliphatic hydroxyl groups excluding tert-OH is 1. The number of hydrogen-bond acceptors (Lipinski definition) is 6. The van der Waals surface area contributed by atoms with Gasteiger partial charge in [-0.1, -0.05) is 30.3 Å². The van der Waals surface area contributed by atoms with Gasteiger partial charge in [0.25, 0.3) is 11.8 Å².